The van der Waals surface area contributed by atoms with Crippen molar-refractivity contribution in [2.45, 2.75) is 13.0 Å². The number of nitrogens with zero attached hydrogens (tertiary/aromatic N) is 5. The fourth-order valence-corrected chi connectivity index (χ4v) is 5.06. The standard InChI is InChI=1S/C15H18N5O4P/c1-12(24-25(23,17-7-8-17)18-9-10-18)13-3-4-14(20(21)22)15(11-13)19-6-2-5-16-19/h2-6,11-12H,7-10H2,1H3. The van der Waals surface area contributed by atoms with E-state index in [1.165, 1.54) is 10.7 Å². The highest BCUT2D eigenvalue weighted by atomic mass is 31.2. The van der Waals surface area contributed by atoms with Gasteiger partial charge >= 0.3 is 7.67 Å². The quantitative estimate of drug-likeness (QED) is 0.323. The minimum Gasteiger partial charge on any atom is -0.298 e. The third-order valence-electron chi connectivity index (χ3n) is 4.27. The largest absolute Gasteiger partial charge is 0.346 e. The van der Waals surface area contributed by atoms with Crippen LogP contribution in [0.15, 0.2) is 36.7 Å². The molecule has 0 aliphatic carbocycles. The minimum absolute atomic E-state index is 0.0419. The number of rotatable bonds is 7. The van der Waals surface area contributed by atoms with Gasteiger partial charge in [-0.15, -0.1) is 0 Å². The van der Waals surface area contributed by atoms with Crippen molar-refractivity contribution in [3.8, 4) is 5.69 Å². The molecule has 9 nitrogen and oxygen atoms in total. The lowest BCUT2D eigenvalue weighted by Crippen LogP contribution is -2.11. The van der Waals surface area contributed by atoms with Crippen LogP contribution in [0.4, 0.5) is 5.69 Å². The maximum absolute atomic E-state index is 13.1. The molecule has 1 aromatic carbocycles. The monoisotopic (exact) mass is 363 g/mol. The van der Waals surface area contributed by atoms with E-state index in [-0.39, 0.29) is 5.69 Å². The molecular formula is C15H18N5O4P. The second-order valence-corrected chi connectivity index (χ2v) is 8.42. The summed E-state index contributed by atoms with van der Waals surface area (Å²) in [5.41, 5.74) is 1.04. The fraction of sp³-hybridized carbons (Fsp3) is 0.400. The zero-order valence-corrected chi connectivity index (χ0v) is 14.6. The molecule has 2 saturated heterocycles. The molecule has 0 amide bonds. The third kappa shape index (κ3) is 3.11. The topological polar surface area (TPSA) is 93.3 Å². The Hall–Kier alpha value is -2.06. The Morgan fingerprint density at radius 2 is 1.96 bits per heavy atom. The Bertz CT molecular complexity index is 832. The first-order valence-corrected chi connectivity index (χ1v) is 9.60. The molecule has 4 rings (SSSR count). The van der Waals surface area contributed by atoms with Crippen molar-refractivity contribution in [3.05, 3.63) is 52.3 Å². The Kier molecular flexibility index (Phi) is 3.96. The van der Waals surface area contributed by atoms with Gasteiger partial charge in [-0.1, -0.05) is 0 Å². The molecule has 3 heterocycles. The van der Waals surface area contributed by atoms with Gasteiger partial charge in [0.1, 0.15) is 5.69 Å². The zero-order valence-electron chi connectivity index (χ0n) is 13.7. The van der Waals surface area contributed by atoms with Crippen molar-refractivity contribution in [1.29, 1.82) is 0 Å². The Balaban J connectivity index is 1.65. The lowest BCUT2D eigenvalue weighted by atomic mass is 10.1. The van der Waals surface area contributed by atoms with E-state index in [2.05, 4.69) is 5.10 Å². The van der Waals surface area contributed by atoms with Crippen LogP contribution in [0, 0.1) is 10.1 Å². The van der Waals surface area contributed by atoms with Crippen LogP contribution in [0.25, 0.3) is 5.69 Å². The molecule has 10 heteroatoms. The van der Waals surface area contributed by atoms with Crippen molar-refractivity contribution < 1.29 is 14.0 Å². The molecule has 2 aliphatic heterocycles. The second kappa shape index (κ2) is 6.03. The van der Waals surface area contributed by atoms with E-state index in [0.717, 1.165) is 31.7 Å². The molecular weight excluding hydrogens is 345 g/mol. The summed E-state index contributed by atoms with van der Waals surface area (Å²) in [7, 11) is -2.96. The Morgan fingerprint density at radius 3 is 2.48 bits per heavy atom. The highest BCUT2D eigenvalue weighted by molar-refractivity contribution is 7.54. The smallest absolute Gasteiger partial charge is 0.298 e. The van der Waals surface area contributed by atoms with Crippen LogP contribution in [0.3, 0.4) is 0 Å². The van der Waals surface area contributed by atoms with E-state index < -0.39 is 18.7 Å². The van der Waals surface area contributed by atoms with Crippen LogP contribution >= 0.6 is 7.67 Å². The van der Waals surface area contributed by atoms with Crippen LogP contribution in [-0.2, 0) is 9.09 Å². The van der Waals surface area contributed by atoms with Gasteiger partial charge in [-0.25, -0.2) is 14.0 Å². The van der Waals surface area contributed by atoms with Gasteiger partial charge in [0.15, 0.2) is 0 Å². The lowest BCUT2D eigenvalue weighted by molar-refractivity contribution is -0.384. The molecule has 1 atom stereocenters. The summed E-state index contributed by atoms with van der Waals surface area (Å²) in [6, 6.07) is 6.45. The van der Waals surface area contributed by atoms with Crippen molar-refractivity contribution in [2.24, 2.45) is 0 Å². The normalized spacial score (nSPS) is 18.9. The van der Waals surface area contributed by atoms with Gasteiger partial charge in [0, 0.05) is 44.6 Å². The molecule has 0 bridgehead atoms. The SMILES string of the molecule is CC(OP(=O)(N1CC1)N1CC1)c1ccc([N+](=O)[O-])c(-n2cccn2)c1. The first-order chi connectivity index (χ1) is 12.0. The summed E-state index contributed by atoms with van der Waals surface area (Å²) in [6.07, 6.45) is 2.75. The maximum atomic E-state index is 13.1. The number of hydrogen-bond donors (Lipinski definition) is 0. The molecule has 132 valence electrons. The Labute approximate surface area is 144 Å². The third-order valence-corrected chi connectivity index (χ3v) is 7.09. The zero-order chi connectivity index (χ0) is 17.6. The number of aromatic nitrogens is 2. The molecule has 1 unspecified atom stereocenters. The average molecular weight is 363 g/mol. The number of nitro groups is 1. The molecule has 0 radical (unpaired) electrons. The molecule has 0 saturated carbocycles. The molecule has 25 heavy (non-hydrogen) atoms. The van der Waals surface area contributed by atoms with Crippen molar-refractivity contribution in [3.63, 3.8) is 0 Å². The summed E-state index contributed by atoms with van der Waals surface area (Å²) < 4.78 is 24.2. The van der Waals surface area contributed by atoms with Crippen molar-refractivity contribution in [2.75, 3.05) is 26.2 Å². The number of nitro benzene ring substituents is 1. The van der Waals surface area contributed by atoms with Crippen LogP contribution < -0.4 is 0 Å². The van der Waals surface area contributed by atoms with Gasteiger partial charge in [-0.05, 0) is 30.7 Å². The van der Waals surface area contributed by atoms with Gasteiger partial charge in [-0.3, -0.25) is 19.2 Å². The first kappa shape index (κ1) is 16.4. The van der Waals surface area contributed by atoms with Crippen LogP contribution in [0.5, 0.6) is 0 Å². The minimum atomic E-state index is -2.96. The second-order valence-electron chi connectivity index (χ2n) is 6.10. The summed E-state index contributed by atoms with van der Waals surface area (Å²) >= 11 is 0. The summed E-state index contributed by atoms with van der Waals surface area (Å²) in [5, 5.41) is 15.4. The number of hydrogen-bond acceptors (Lipinski definition) is 5. The van der Waals surface area contributed by atoms with Gasteiger partial charge in [0.25, 0.3) is 5.69 Å². The van der Waals surface area contributed by atoms with Crippen LogP contribution in [0.1, 0.15) is 18.6 Å². The van der Waals surface area contributed by atoms with E-state index >= 15 is 0 Å². The fourth-order valence-electron chi connectivity index (χ4n) is 2.72. The maximum Gasteiger partial charge on any atom is 0.346 e. The highest BCUT2D eigenvalue weighted by Crippen LogP contribution is 2.63. The molecule has 2 aliphatic rings. The average Bonchev–Trinajstić information content (AvgIpc) is 3.51. The summed E-state index contributed by atoms with van der Waals surface area (Å²) in [4.78, 5) is 10.9. The van der Waals surface area contributed by atoms with Gasteiger partial charge in [0.05, 0.1) is 11.0 Å². The highest BCUT2D eigenvalue weighted by Gasteiger charge is 2.50. The predicted molar refractivity (Wildman–Crippen MR) is 90.5 cm³/mol. The molecule has 1 aromatic heterocycles. The summed E-state index contributed by atoms with van der Waals surface area (Å²) in [6.45, 7) is 4.92. The Morgan fingerprint density at radius 1 is 1.28 bits per heavy atom. The molecule has 0 N–H and O–H groups in total. The molecule has 0 spiro atoms. The van der Waals surface area contributed by atoms with E-state index in [1.807, 2.05) is 16.3 Å². The van der Waals surface area contributed by atoms with E-state index in [1.54, 1.807) is 30.6 Å². The predicted octanol–water partition coefficient (Wildman–Crippen LogP) is 2.60. The molecule has 2 aromatic rings. The molecule has 2 fully saturated rings. The van der Waals surface area contributed by atoms with Crippen LogP contribution in [0.2, 0.25) is 0 Å². The van der Waals surface area contributed by atoms with Crippen molar-refractivity contribution in [1.82, 2.24) is 19.1 Å². The van der Waals surface area contributed by atoms with Crippen LogP contribution in [-0.4, -0.2) is 50.2 Å². The van der Waals surface area contributed by atoms with Crippen molar-refractivity contribution >= 4 is 13.4 Å². The first-order valence-electron chi connectivity index (χ1n) is 8.07. The van der Waals surface area contributed by atoms with Gasteiger partial charge in [-0.2, -0.15) is 5.10 Å². The lowest BCUT2D eigenvalue weighted by Gasteiger charge is -2.24. The summed E-state index contributed by atoms with van der Waals surface area (Å²) in [5.74, 6) is 0. The van der Waals surface area contributed by atoms with E-state index in [9.17, 15) is 14.7 Å². The van der Waals surface area contributed by atoms with Gasteiger partial charge < -0.3 is 0 Å². The number of benzene rings is 1. The van der Waals surface area contributed by atoms with E-state index in [0.29, 0.717) is 5.69 Å². The van der Waals surface area contributed by atoms with Gasteiger partial charge in [0.2, 0.25) is 0 Å². The van der Waals surface area contributed by atoms with E-state index in [4.69, 9.17) is 4.52 Å².